The van der Waals surface area contributed by atoms with Crippen LogP contribution in [0, 0.1) is 13.8 Å². The molecule has 8 heteroatoms. The number of benzene rings is 4. The summed E-state index contributed by atoms with van der Waals surface area (Å²) in [6.45, 7) is 8.98. The summed E-state index contributed by atoms with van der Waals surface area (Å²) in [5.41, 5.74) is 14.8. The maximum Gasteiger partial charge on any atom is 0.160 e. The van der Waals surface area contributed by atoms with Gasteiger partial charge in [-0.05, 0) is 120 Å². The van der Waals surface area contributed by atoms with E-state index in [4.69, 9.17) is 0 Å². The third-order valence-corrected chi connectivity index (χ3v) is 23.9. The van der Waals surface area contributed by atoms with Crippen LogP contribution in [0.2, 0.25) is 0 Å². The van der Waals surface area contributed by atoms with Crippen LogP contribution in [0.5, 0.6) is 0 Å². The maximum atomic E-state index is 12.1. The lowest BCUT2D eigenvalue weighted by Gasteiger charge is -2.34. The van der Waals surface area contributed by atoms with Gasteiger partial charge >= 0.3 is 0 Å². The third-order valence-electron chi connectivity index (χ3n) is 16.3. The van der Waals surface area contributed by atoms with Gasteiger partial charge in [-0.15, -0.1) is 68.0 Å². The highest BCUT2D eigenvalue weighted by atomic mass is 32.1. The minimum absolute atomic E-state index is 0.594. The lowest BCUT2D eigenvalue weighted by molar-refractivity contribution is 0.111. The molecule has 0 saturated carbocycles. The average Bonchev–Trinajstić information content (AvgIpc) is 3.98. The predicted octanol–water partition coefficient (Wildman–Crippen LogP) is 21.3. The SMILES string of the molecule is CCCCCCCCc1ccc(C2(c3ccc(C)cc3)c3cc(-c4ccc(C=O)s4)sc3-c3sc4c5c(sc4c32)-c2sc(-c3ccc(C=O)s3)cc2C5(c2ccc(C)cc2)c2ccc(CCCCCCCC)cc2)cc1. The fraction of sp³-hybridized carbons (Fsp3) is 0.294. The summed E-state index contributed by atoms with van der Waals surface area (Å²) in [5, 5.41) is 0. The van der Waals surface area contributed by atoms with Crippen molar-refractivity contribution in [2.45, 2.75) is 128 Å². The highest BCUT2D eigenvalue weighted by Gasteiger charge is 2.55. The number of aldehydes is 2. The number of thiophene rings is 6. The largest absolute Gasteiger partial charge is 0.297 e. The molecule has 2 nitrogen and oxygen atoms in total. The first-order valence-electron chi connectivity index (χ1n) is 27.6. The molecule has 12 rings (SSSR count). The lowest BCUT2D eigenvalue weighted by atomic mass is 9.67. The first-order valence-corrected chi connectivity index (χ1v) is 32.5. The third kappa shape index (κ3) is 8.84. The molecule has 0 aliphatic heterocycles. The minimum atomic E-state index is -0.594. The molecule has 0 fully saturated rings. The van der Waals surface area contributed by atoms with Gasteiger partial charge in [0.15, 0.2) is 12.6 Å². The van der Waals surface area contributed by atoms with Crippen molar-refractivity contribution in [3.8, 4) is 39.0 Å². The van der Waals surface area contributed by atoms with Crippen LogP contribution in [0.4, 0.5) is 0 Å². The van der Waals surface area contributed by atoms with Crippen LogP contribution < -0.4 is 0 Å². The zero-order valence-corrected chi connectivity index (χ0v) is 48.9. The van der Waals surface area contributed by atoms with Crippen LogP contribution in [-0.2, 0) is 23.7 Å². The molecule has 0 radical (unpaired) electrons. The van der Waals surface area contributed by atoms with Gasteiger partial charge in [0.2, 0.25) is 0 Å². The Balaban J connectivity index is 1.10. The van der Waals surface area contributed by atoms with E-state index in [1.54, 1.807) is 22.7 Å². The normalized spacial score (nSPS) is 16.3. The summed E-state index contributed by atoms with van der Waals surface area (Å²) in [6, 6.07) is 51.6. The molecule has 0 spiro atoms. The molecule has 2 atom stereocenters. The van der Waals surface area contributed by atoms with Crippen LogP contribution in [-0.4, -0.2) is 12.6 Å². The fourth-order valence-electron chi connectivity index (χ4n) is 12.4. The zero-order valence-electron chi connectivity index (χ0n) is 44.0. The van der Waals surface area contributed by atoms with E-state index < -0.39 is 10.8 Å². The number of fused-ring (bicyclic) bond motifs is 9. The average molecular weight is 1110 g/mol. The van der Waals surface area contributed by atoms with Crippen LogP contribution in [0.15, 0.2) is 133 Å². The second kappa shape index (κ2) is 21.8. The molecule has 384 valence electrons. The van der Waals surface area contributed by atoms with Gasteiger partial charge in [-0.1, -0.05) is 186 Å². The molecule has 6 aromatic heterocycles. The van der Waals surface area contributed by atoms with Gasteiger partial charge in [0.1, 0.15) is 0 Å². The Hall–Kier alpha value is -5.32. The van der Waals surface area contributed by atoms with E-state index >= 15 is 0 Å². The Morgan fingerprint density at radius 1 is 0.368 bits per heavy atom. The van der Waals surface area contributed by atoms with Crippen molar-refractivity contribution in [3.63, 3.8) is 0 Å². The number of unbranched alkanes of at least 4 members (excludes halogenated alkanes) is 10. The Bertz CT molecular complexity index is 3440. The predicted molar refractivity (Wildman–Crippen MR) is 331 cm³/mol. The van der Waals surface area contributed by atoms with E-state index in [9.17, 15) is 9.59 Å². The summed E-state index contributed by atoms with van der Waals surface area (Å²) in [7, 11) is 0. The van der Waals surface area contributed by atoms with E-state index in [2.05, 4.69) is 149 Å². The number of hydrogen-bond donors (Lipinski definition) is 0. The molecule has 2 aliphatic rings. The molecule has 6 heterocycles. The molecule has 0 amide bonds. The minimum Gasteiger partial charge on any atom is -0.297 e. The maximum absolute atomic E-state index is 12.1. The topological polar surface area (TPSA) is 34.1 Å². The summed E-state index contributed by atoms with van der Waals surface area (Å²) in [5.74, 6) is 0. The molecule has 2 aliphatic carbocycles. The quantitative estimate of drug-likeness (QED) is 0.0501. The highest BCUT2D eigenvalue weighted by molar-refractivity contribution is 7.35. The molecule has 2 unspecified atom stereocenters. The molecule has 4 aromatic carbocycles. The van der Waals surface area contributed by atoms with E-state index in [-0.39, 0.29) is 0 Å². The molecule has 10 aromatic rings. The molecule has 0 saturated heterocycles. The summed E-state index contributed by atoms with van der Waals surface area (Å²) < 4.78 is 2.75. The number of carbonyl (C=O) groups is 2. The van der Waals surface area contributed by atoms with Crippen LogP contribution in [0.1, 0.15) is 177 Å². The van der Waals surface area contributed by atoms with Crippen molar-refractivity contribution in [3.05, 3.63) is 210 Å². The second-order valence-corrected chi connectivity index (χ2v) is 27.7. The van der Waals surface area contributed by atoms with Crippen LogP contribution in [0.3, 0.4) is 0 Å². The Labute approximate surface area is 473 Å². The second-order valence-electron chi connectivity index (χ2n) is 21.3. The number of hydrogen-bond acceptors (Lipinski definition) is 8. The zero-order chi connectivity index (χ0) is 52.0. The fourth-order valence-corrected chi connectivity index (χ4v) is 20.1. The van der Waals surface area contributed by atoms with Crippen LogP contribution in [0.25, 0.3) is 48.4 Å². The highest BCUT2D eigenvalue weighted by Crippen LogP contribution is 2.70. The molecule has 76 heavy (non-hydrogen) atoms. The molecular weight excluding hydrogens is 1040 g/mol. The lowest BCUT2D eigenvalue weighted by Crippen LogP contribution is -2.29. The van der Waals surface area contributed by atoms with Gasteiger partial charge in [-0.25, -0.2) is 0 Å². The first kappa shape index (κ1) is 51.4. The van der Waals surface area contributed by atoms with Crippen molar-refractivity contribution >= 4 is 90.0 Å². The van der Waals surface area contributed by atoms with Gasteiger partial charge in [0.25, 0.3) is 0 Å². The summed E-state index contributed by atoms with van der Waals surface area (Å²) in [6.07, 6.45) is 19.6. The van der Waals surface area contributed by atoms with E-state index in [1.807, 2.05) is 57.5 Å². The Morgan fingerprint density at radius 2 is 0.724 bits per heavy atom. The molecular formula is C68H64O2S6. The summed E-state index contributed by atoms with van der Waals surface area (Å²) in [4.78, 5) is 35.8. The van der Waals surface area contributed by atoms with Crippen molar-refractivity contribution in [1.29, 1.82) is 0 Å². The van der Waals surface area contributed by atoms with Gasteiger partial charge in [0.05, 0.1) is 49.5 Å². The van der Waals surface area contributed by atoms with E-state index in [0.717, 1.165) is 44.9 Å². The number of rotatable bonds is 22. The summed E-state index contributed by atoms with van der Waals surface area (Å²) >= 11 is 11.0. The van der Waals surface area contributed by atoms with Crippen LogP contribution >= 0.6 is 68.0 Å². The van der Waals surface area contributed by atoms with Crippen molar-refractivity contribution < 1.29 is 9.59 Å². The number of carbonyl (C=O) groups excluding carboxylic acids is 2. The first-order chi connectivity index (χ1) is 37.3. The van der Waals surface area contributed by atoms with E-state index in [1.165, 1.54) is 182 Å². The molecule has 0 bridgehead atoms. The smallest absolute Gasteiger partial charge is 0.160 e. The van der Waals surface area contributed by atoms with Gasteiger partial charge in [-0.2, -0.15) is 0 Å². The van der Waals surface area contributed by atoms with Gasteiger partial charge in [0, 0.05) is 30.6 Å². The Morgan fingerprint density at radius 3 is 1.08 bits per heavy atom. The number of aryl methyl sites for hydroxylation is 4. The standard InChI is InChI=1S/C68H64O2S6/c1-5-7-9-11-13-15-17-45-23-31-49(32-24-45)67(47-27-19-43(3)20-28-47)53-39-57(55-37-35-51(41-69)71-55)73-61(53)63-59(67)65-66(75-63)60-64(76-65)62-54(40-58(74-62)56-38-36-52(42-70)72-56)68(60,48-29-21-44(4)22-30-48)50-33-25-46(26-34-50)18-16-14-12-10-8-6-2/h19-42H,5-18H2,1-4H3. The van der Waals surface area contributed by atoms with E-state index in [0.29, 0.717) is 0 Å². The monoisotopic (exact) mass is 1100 g/mol. The van der Waals surface area contributed by atoms with Gasteiger partial charge in [-0.3, -0.25) is 9.59 Å². The molecule has 0 N–H and O–H groups in total. The van der Waals surface area contributed by atoms with Crippen molar-refractivity contribution in [2.75, 3.05) is 0 Å². The van der Waals surface area contributed by atoms with Gasteiger partial charge < -0.3 is 0 Å². The van der Waals surface area contributed by atoms with Crippen molar-refractivity contribution in [1.82, 2.24) is 0 Å². The van der Waals surface area contributed by atoms with Crippen molar-refractivity contribution in [2.24, 2.45) is 0 Å². The Kier molecular flexibility index (Phi) is 14.8.